The van der Waals surface area contributed by atoms with E-state index in [-0.39, 0.29) is 12.1 Å². The van der Waals surface area contributed by atoms with Crippen LogP contribution in [0.5, 0.6) is 0 Å². The monoisotopic (exact) mass is 246 g/mol. The van der Waals surface area contributed by atoms with Crippen molar-refractivity contribution in [2.45, 2.75) is 39.7 Å². The molecule has 0 rings (SSSR count). The highest BCUT2D eigenvalue weighted by Crippen LogP contribution is 2.09. The molecule has 0 aromatic heterocycles. The number of nitrogens with zero attached hydrogens (tertiary/aromatic N) is 1. The standard InChI is InChI=1S/C13H30N2O2/c1-5-14-13(4,12-16)8-9-15(6-2)10-11-17-7-3/h14,16H,5-12H2,1-4H3. The molecule has 0 aromatic rings. The zero-order valence-electron chi connectivity index (χ0n) is 12.0. The molecule has 0 aliphatic carbocycles. The Labute approximate surface area is 106 Å². The number of likely N-dealkylation sites (N-methyl/N-ethyl adjacent to an activating group) is 2. The van der Waals surface area contributed by atoms with Crippen LogP contribution in [0.2, 0.25) is 0 Å². The molecule has 0 spiro atoms. The van der Waals surface area contributed by atoms with Crippen LogP contribution in [-0.2, 0) is 4.74 Å². The van der Waals surface area contributed by atoms with Gasteiger partial charge in [0.15, 0.2) is 0 Å². The Bertz CT molecular complexity index is 179. The summed E-state index contributed by atoms with van der Waals surface area (Å²) in [4.78, 5) is 2.36. The molecule has 0 aliphatic rings. The first kappa shape index (κ1) is 16.8. The van der Waals surface area contributed by atoms with E-state index < -0.39 is 0 Å². The molecule has 104 valence electrons. The lowest BCUT2D eigenvalue weighted by atomic mass is 9.98. The van der Waals surface area contributed by atoms with Gasteiger partial charge in [0.1, 0.15) is 0 Å². The number of ether oxygens (including phenoxy) is 1. The lowest BCUT2D eigenvalue weighted by molar-refractivity contribution is 0.103. The second-order valence-corrected chi connectivity index (χ2v) is 4.63. The van der Waals surface area contributed by atoms with E-state index in [9.17, 15) is 5.11 Å². The van der Waals surface area contributed by atoms with Crippen molar-refractivity contribution in [3.63, 3.8) is 0 Å². The number of hydrogen-bond acceptors (Lipinski definition) is 4. The first-order valence-electron chi connectivity index (χ1n) is 6.77. The third kappa shape index (κ3) is 7.71. The van der Waals surface area contributed by atoms with Gasteiger partial charge in [0.2, 0.25) is 0 Å². The summed E-state index contributed by atoms with van der Waals surface area (Å²) in [6.45, 7) is 14.0. The second kappa shape index (κ2) is 9.83. The van der Waals surface area contributed by atoms with Crippen molar-refractivity contribution in [1.82, 2.24) is 10.2 Å². The molecule has 0 aliphatic heterocycles. The van der Waals surface area contributed by atoms with Crippen LogP contribution in [0.3, 0.4) is 0 Å². The lowest BCUT2D eigenvalue weighted by Crippen LogP contribution is -2.48. The van der Waals surface area contributed by atoms with E-state index in [4.69, 9.17) is 4.74 Å². The summed E-state index contributed by atoms with van der Waals surface area (Å²) in [5.41, 5.74) is -0.159. The normalized spacial score (nSPS) is 15.2. The molecule has 0 saturated heterocycles. The van der Waals surface area contributed by atoms with Crippen molar-refractivity contribution in [2.24, 2.45) is 0 Å². The van der Waals surface area contributed by atoms with Crippen molar-refractivity contribution in [3.8, 4) is 0 Å². The quantitative estimate of drug-likeness (QED) is 0.536. The van der Waals surface area contributed by atoms with E-state index in [2.05, 4.69) is 31.0 Å². The molecule has 1 unspecified atom stereocenters. The molecular weight excluding hydrogens is 216 g/mol. The van der Waals surface area contributed by atoms with E-state index in [0.29, 0.717) is 0 Å². The van der Waals surface area contributed by atoms with Gasteiger partial charge in [-0.3, -0.25) is 0 Å². The summed E-state index contributed by atoms with van der Waals surface area (Å²) < 4.78 is 5.36. The third-order valence-corrected chi connectivity index (χ3v) is 3.14. The van der Waals surface area contributed by atoms with Gasteiger partial charge < -0.3 is 20.1 Å². The lowest BCUT2D eigenvalue weighted by Gasteiger charge is -2.31. The molecule has 0 heterocycles. The fourth-order valence-corrected chi connectivity index (χ4v) is 1.82. The zero-order chi connectivity index (χ0) is 13.1. The highest BCUT2D eigenvalue weighted by atomic mass is 16.5. The maximum atomic E-state index is 9.41. The van der Waals surface area contributed by atoms with Crippen LogP contribution in [0.15, 0.2) is 0 Å². The topological polar surface area (TPSA) is 44.7 Å². The van der Waals surface area contributed by atoms with E-state index in [1.807, 2.05) is 6.92 Å². The van der Waals surface area contributed by atoms with Crippen LogP contribution >= 0.6 is 0 Å². The van der Waals surface area contributed by atoms with E-state index in [1.54, 1.807) is 0 Å². The van der Waals surface area contributed by atoms with Gasteiger partial charge in [-0.25, -0.2) is 0 Å². The van der Waals surface area contributed by atoms with Gasteiger partial charge >= 0.3 is 0 Å². The van der Waals surface area contributed by atoms with Gasteiger partial charge in [-0.1, -0.05) is 13.8 Å². The highest BCUT2D eigenvalue weighted by molar-refractivity contribution is 4.82. The van der Waals surface area contributed by atoms with Crippen molar-refractivity contribution in [2.75, 3.05) is 46.0 Å². The van der Waals surface area contributed by atoms with Gasteiger partial charge in [0.25, 0.3) is 0 Å². The van der Waals surface area contributed by atoms with E-state index in [1.165, 1.54) is 0 Å². The van der Waals surface area contributed by atoms with Gasteiger partial charge in [-0.05, 0) is 33.4 Å². The van der Waals surface area contributed by atoms with Gasteiger partial charge in [-0.2, -0.15) is 0 Å². The average Bonchev–Trinajstić information content (AvgIpc) is 2.34. The molecular formula is C13H30N2O2. The fraction of sp³-hybridized carbons (Fsp3) is 1.00. The van der Waals surface area contributed by atoms with E-state index >= 15 is 0 Å². The van der Waals surface area contributed by atoms with Crippen LogP contribution in [0.25, 0.3) is 0 Å². The first-order chi connectivity index (χ1) is 8.11. The Kier molecular flexibility index (Phi) is 9.74. The van der Waals surface area contributed by atoms with E-state index in [0.717, 1.165) is 45.8 Å². The minimum absolute atomic E-state index is 0.159. The molecule has 2 N–H and O–H groups in total. The third-order valence-electron chi connectivity index (χ3n) is 3.14. The molecule has 0 saturated carbocycles. The summed E-state index contributed by atoms with van der Waals surface area (Å²) in [5.74, 6) is 0. The summed E-state index contributed by atoms with van der Waals surface area (Å²) >= 11 is 0. The highest BCUT2D eigenvalue weighted by Gasteiger charge is 2.22. The molecule has 4 nitrogen and oxygen atoms in total. The number of nitrogens with one attached hydrogen (secondary N) is 1. The fourth-order valence-electron chi connectivity index (χ4n) is 1.82. The molecule has 0 fully saturated rings. The first-order valence-corrected chi connectivity index (χ1v) is 6.77. The molecule has 4 heteroatoms. The van der Waals surface area contributed by atoms with Crippen molar-refractivity contribution in [1.29, 1.82) is 0 Å². The second-order valence-electron chi connectivity index (χ2n) is 4.63. The Morgan fingerprint density at radius 1 is 1.24 bits per heavy atom. The Morgan fingerprint density at radius 2 is 1.94 bits per heavy atom. The van der Waals surface area contributed by atoms with Gasteiger partial charge in [0, 0.05) is 25.2 Å². The maximum Gasteiger partial charge on any atom is 0.0611 e. The predicted molar refractivity (Wildman–Crippen MR) is 72.4 cm³/mol. The number of aliphatic hydroxyl groups is 1. The molecule has 0 amide bonds. The Balaban J connectivity index is 3.93. The Hall–Kier alpha value is -0.160. The molecule has 1 atom stereocenters. The van der Waals surface area contributed by atoms with Crippen molar-refractivity contribution >= 4 is 0 Å². The summed E-state index contributed by atoms with van der Waals surface area (Å²) in [5, 5.41) is 12.8. The maximum absolute atomic E-state index is 9.41. The van der Waals surface area contributed by atoms with Crippen LogP contribution in [0.1, 0.15) is 34.1 Å². The predicted octanol–water partition coefficient (Wildman–Crippen LogP) is 1.10. The number of hydrogen-bond donors (Lipinski definition) is 2. The van der Waals surface area contributed by atoms with Crippen LogP contribution in [0.4, 0.5) is 0 Å². The van der Waals surface area contributed by atoms with Crippen molar-refractivity contribution < 1.29 is 9.84 Å². The number of rotatable bonds is 11. The SMILES string of the molecule is CCNC(C)(CO)CCN(CC)CCOCC. The zero-order valence-corrected chi connectivity index (χ0v) is 12.0. The summed E-state index contributed by atoms with van der Waals surface area (Å²) in [6.07, 6.45) is 0.956. The molecule has 0 bridgehead atoms. The minimum atomic E-state index is -0.159. The summed E-state index contributed by atoms with van der Waals surface area (Å²) in [6, 6.07) is 0. The van der Waals surface area contributed by atoms with Crippen LogP contribution in [0, 0.1) is 0 Å². The largest absolute Gasteiger partial charge is 0.394 e. The van der Waals surface area contributed by atoms with Crippen LogP contribution < -0.4 is 5.32 Å². The van der Waals surface area contributed by atoms with Gasteiger partial charge in [-0.15, -0.1) is 0 Å². The average molecular weight is 246 g/mol. The molecule has 0 radical (unpaired) electrons. The molecule has 17 heavy (non-hydrogen) atoms. The Morgan fingerprint density at radius 3 is 2.41 bits per heavy atom. The number of aliphatic hydroxyl groups excluding tert-OH is 1. The summed E-state index contributed by atoms with van der Waals surface area (Å²) in [7, 11) is 0. The minimum Gasteiger partial charge on any atom is -0.394 e. The molecule has 0 aromatic carbocycles. The van der Waals surface area contributed by atoms with Crippen LogP contribution in [-0.4, -0.2) is 61.5 Å². The van der Waals surface area contributed by atoms with Crippen molar-refractivity contribution in [3.05, 3.63) is 0 Å². The smallest absolute Gasteiger partial charge is 0.0611 e. The van der Waals surface area contributed by atoms with Gasteiger partial charge in [0.05, 0.1) is 13.2 Å².